The van der Waals surface area contributed by atoms with Gasteiger partial charge in [-0.15, -0.1) is 0 Å². The lowest BCUT2D eigenvalue weighted by atomic mass is 10.1. The van der Waals surface area contributed by atoms with Gasteiger partial charge in [0.1, 0.15) is 6.61 Å². The fourth-order valence-electron chi connectivity index (χ4n) is 2.85. The minimum absolute atomic E-state index is 0.0117. The summed E-state index contributed by atoms with van der Waals surface area (Å²) in [5.41, 5.74) is 0.637. The number of hydrogen-bond donors (Lipinski definition) is 0. The maximum absolute atomic E-state index is 13.7. The second-order valence-electron chi connectivity index (χ2n) is 6.20. The molecule has 0 saturated carbocycles. The highest BCUT2D eigenvalue weighted by Crippen LogP contribution is 2.24. The molecule has 1 aliphatic rings. The molecule has 0 radical (unpaired) electrons. The van der Waals surface area contributed by atoms with Crippen molar-refractivity contribution in [2.75, 3.05) is 39.4 Å². The molecule has 0 N–H and O–H groups in total. The molecule has 2 rings (SSSR count). The van der Waals surface area contributed by atoms with Crippen LogP contribution in [-0.2, 0) is 14.8 Å². The molecule has 1 fully saturated rings. The molecule has 1 aromatic carbocycles. The standard InChI is InChI=1S/C17H24F2N2O4S/c1-4-21(5-2)26(23,24)14-7-6-13(3)15(10-14)16(22)20-8-9-25-12-17(18,19)11-20/h6-7,10H,4-5,8-9,11-12H2,1-3H3. The number of halogens is 2. The first-order chi connectivity index (χ1) is 12.1. The van der Waals surface area contributed by atoms with Gasteiger partial charge in [0.2, 0.25) is 10.0 Å². The smallest absolute Gasteiger partial charge is 0.288 e. The lowest BCUT2D eigenvalue weighted by Crippen LogP contribution is -2.41. The van der Waals surface area contributed by atoms with E-state index in [-0.39, 0.29) is 23.6 Å². The van der Waals surface area contributed by atoms with Crippen LogP contribution in [0, 0.1) is 6.92 Å². The Morgan fingerprint density at radius 1 is 1.31 bits per heavy atom. The Morgan fingerprint density at radius 3 is 2.58 bits per heavy atom. The Bertz CT molecular complexity index is 764. The quantitative estimate of drug-likeness (QED) is 0.773. The number of hydrogen-bond acceptors (Lipinski definition) is 4. The molecule has 9 heteroatoms. The van der Waals surface area contributed by atoms with Gasteiger partial charge in [0.05, 0.1) is 18.0 Å². The fraction of sp³-hybridized carbons (Fsp3) is 0.588. The number of nitrogens with zero attached hydrogens (tertiary/aromatic N) is 2. The second kappa shape index (κ2) is 7.98. The summed E-state index contributed by atoms with van der Waals surface area (Å²) in [6.07, 6.45) is 0. The number of amides is 1. The van der Waals surface area contributed by atoms with Gasteiger partial charge < -0.3 is 9.64 Å². The van der Waals surface area contributed by atoms with Crippen molar-refractivity contribution < 1.29 is 26.7 Å². The van der Waals surface area contributed by atoms with Crippen LogP contribution < -0.4 is 0 Å². The summed E-state index contributed by atoms with van der Waals surface area (Å²) in [4.78, 5) is 13.8. The molecule has 1 aromatic rings. The zero-order valence-corrected chi connectivity index (χ0v) is 16.0. The molecule has 0 unspecified atom stereocenters. The number of alkyl halides is 2. The molecule has 6 nitrogen and oxygen atoms in total. The predicted octanol–water partition coefficient (Wildman–Crippen LogP) is 2.13. The molecule has 0 aliphatic carbocycles. The average molecular weight is 390 g/mol. The third-order valence-electron chi connectivity index (χ3n) is 4.31. The number of aryl methyl sites for hydroxylation is 1. The van der Waals surface area contributed by atoms with Crippen LogP contribution in [0.3, 0.4) is 0 Å². The number of ether oxygens (including phenoxy) is 1. The van der Waals surface area contributed by atoms with Crippen LogP contribution in [0.4, 0.5) is 8.78 Å². The molecular weight excluding hydrogens is 366 g/mol. The van der Waals surface area contributed by atoms with Crippen molar-refractivity contribution in [2.45, 2.75) is 31.6 Å². The van der Waals surface area contributed by atoms with Crippen molar-refractivity contribution in [3.05, 3.63) is 29.3 Å². The van der Waals surface area contributed by atoms with Crippen molar-refractivity contribution in [1.29, 1.82) is 0 Å². The zero-order chi connectivity index (χ0) is 19.5. The molecule has 0 atom stereocenters. The monoisotopic (exact) mass is 390 g/mol. The van der Waals surface area contributed by atoms with E-state index in [1.165, 1.54) is 22.5 Å². The molecule has 1 aliphatic heterocycles. The molecule has 0 bridgehead atoms. The number of benzene rings is 1. The summed E-state index contributed by atoms with van der Waals surface area (Å²) in [7, 11) is -3.74. The van der Waals surface area contributed by atoms with Gasteiger partial charge in [-0.05, 0) is 24.6 Å². The van der Waals surface area contributed by atoms with Crippen LogP contribution in [0.25, 0.3) is 0 Å². The lowest BCUT2D eigenvalue weighted by molar-refractivity contribution is -0.0660. The summed E-state index contributed by atoms with van der Waals surface area (Å²) in [5.74, 6) is -3.76. The van der Waals surface area contributed by atoms with Crippen molar-refractivity contribution >= 4 is 15.9 Å². The van der Waals surface area contributed by atoms with E-state index in [1.807, 2.05) is 0 Å². The van der Waals surface area contributed by atoms with Gasteiger partial charge in [-0.25, -0.2) is 17.2 Å². The number of sulfonamides is 1. The van der Waals surface area contributed by atoms with Crippen LogP contribution in [0.2, 0.25) is 0 Å². The maximum atomic E-state index is 13.7. The van der Waals surface area contributed by atoms with Gasteiger partial charge >= 0.3 is 0 Å². The van der Waals surface area contributed by atoms with Crippen LogP contribution in [0.5, 0.6) is 0 Å². The zero-order valence-electron chi connectivity index (χ0n) is 15.2. The first kappa shape index (κ1) is 20.7. The number of rotatable bonds is 5. The summed E-state index contributed by atoms with van der Waals surface area (Å²) in [6.45, 7) is 4.25. The Labute approximate surface area is 152 Å². The fourth-order valence-corrected chi connectivity index (χ4v) is 4.33. The molecule has 26 heavy (non-hydrogen) atoms. The molecule has 1 amide bonds. The van der Waals surface area contributed by atoms with E-state index in [9.17, 15) is 22.0 Å². The molecule has 1 saturated heterocycles. The Morgan fingerprint density at radius 2 is 1.96 bits per heavy atom. The topological polar surface area (TPSA) is 66.9 Å². The van der Waals surface area contributed by atoms with Gasteiger partial charge in [-0.3, -0.25) is 4.79 Å². The van der Waals surface area contributed by atoms with E-state index in [1.54, 1.807) is 20.8 Å². The number of carbonyl (C=O) groups excluding carboxylic acids is 1. The maximum Gasteiger partial charge on any atom is 0.288 e. The lowest BCUT2D eigenvalue weighted by Gasteiger charge is -2.24. The van der Waals surface area contributed by atoms with E-state index < -0.39 is 35.0 Å². The van der Waals surface area contributed by atoms with Gasteiger partial charge in [0.15, 0.2) is 0 Å². The molecule has 0 aromatic heterocycles. The largest absolute Gasteiger partial charge is 0.373 e. The summed E-state index contributed by atoms with van der Waals surface area (Å²) >= 11 is 0. The molecular formula is C17H24F2N2O4S. The Hall–Kier alpha value is -1.58. The third-order valence-corrected chi connectivity index (χ3v) is 6.36. The van der Waals surface area contributed by atoms with Crippen molar-refractivity contribution in [1.82, 2.24) is 9.21 Å². The van der Waals surface area contributed by atoms with Crippen molar-refractivity contribution in [3.8, 4) is 0 Å². The van der Waals surface area contributed by atoms with Gasteiger partial charge in [-0.2, -0.15) is 4.31 Å². The van der Waals surface area contributed by atoms with Gasteiger partial charge in [-0.1, -0.05) is 19.9 Å². The first-order valence-corrected chi connectivity index (χ1v) is 9.92. The normalized spacial score (nSPS) is 18.0. The molecule has 146 valence electrons. The molecule has 0 spiro atoms. The van der Waals surface area contributed by atoms with E-state index in [4.69, 9.17) is 4.74 Å². The summed E-state index contributed by atoms with van der Waals surface area (Å²) in [6, 6.07) is 4.23. The minimum Gasteiger partial charge on any atom is -0.373 e. The van der Waals surface area contributed by atoms with Crippen LogP contribution >= 0.6 is 0 Å². The van der Waals surface area contributed by atoms with E-state index >= 15 is 0 Å². The van der Waals surface area contributed by atoms with E-state index in [2.05, 4.69) is 0 Å². The SMILES string of the molecule is CCN(CC)S(=O)(=O)c1ccc(C)c(C(=O)N2CCOCC(F)(F)C2)c1. The molecule has 1 heterocycles. The average Bonchev–Trinajstić information content (AvgIpc) is 2.76. The highest BCUT2D eigenvalue weighted by Gasteiger charge is 2.37. The van der Waals surface area contributed by atoms with Crippen LogP contribution in [-0.4, -0.2) is 68.8 Å². The van der Waals surface area contributed by atoms with Crippen molar-refractivity contribution in [2.24, 2.45) is 0 Å². The van der Waals surface area contributed by atoms with Crippen LogP contribution in [0.15, 0.2) is 23.1 Å². The highest BCUT2D eigenvalue weighted by atomic mass is 32.2. The van der Waals surface area contributed by atoms with Gasteiger partial charge in [0, 0.05) is 25.2 Å². The Kier molecular flexibility index (Phi) is 6.36. The predicted molar refractivity (Wildman–Crippen MR) is 93.0 cm³/mol. The highest BCUT2D eigenvalue weighted by molar-refractivity contribution is 7.89. The summed E-state index contributed by atoms with van der Waals surface area (Å²) < 4.78 is 58.9. The number of carbonyl (C=O) groups is 1. The third kappa shape index (κ3) is 4.39. The van der Waals surface area contributed by atoms with Crippen LogP contribution in [0.1, 0.15) is 29.8 Å². The van der Waals surface area contributed by atoms with Gasteiger partial charge in [0.25, 0.3) is 11.8 Å². The first-order valence-electron chi connectivity index (χ1n) is 8.48. The second-order valence-corrected chi connectivity index (χ2v) is 8.14. The Balaban J connectivity index is 2.39. The van der Waals surface area contributed by atoms with E-state index in [0.717, 1.165) is 4.90 Å². The van der Waals surface area contributed by atoms with E-state index in [0.29, 0.717) is 18.7 Å². The minimum atomic E-state index is -3.74. The summed E-state index contributed by atoms with van der Waals surface area (Å²) in [5, 5.41) is 0. The van der Waals surface area contributed by atoms with Crippen molar-refractivity contribution in [3.63, 3.8) is 0 Å².